The summed E-state index contributed by atoms with van der Waals surface area (Å²) < 4.78 is 38.4. The van der Waals surface area contributed by atoms with E-state index in [4.69, 9.17) is 9.47 Å². The Morgan fingerprint density at radius 2 is 1.68 bits per heavy atom. The van der Waals surface area contributed by atoms with E-state index in [1.807, 2.05) is 6.92 Å². The molecule has 0 aliphatic carbocycles. The Labute approximate surface area is 182 Å². The quantitative estimate of drug-likeness (QED) is 0.743. The zero-order valence-electron chi connectivity index (χ0n) is 17.4. The summed E-state index contributed by atoms with van der Waals surface area (Å²) in [4.78, 5) is 19.2. The van der Waals surface area contributed by atoms with E-state index in [2.05, 4.69) is 15.2 Å². The van der Waals surface area contributed by atoms with Crippen LogP contribution < -0.4 is 10.2 Å². The predicted molar refractivity (Wildman–Crippen MR) is 116 cm³/mol. The van der Waals surface area contributed by atoms with E-state index in [9.17, 15) is 13.2 Å². The van der Waals surface area contributed by atoms with Gasteiger partial charge in [0.2, 0.25) is 10.0 Å². The summed E-state index contributed by atoms with van der Waals surface area (Å²) in [5.74, 6) is -0.345. The summed E-state index contributed by atoms with van der Waals surface area (Å²) in [5.41, 5.74) is 2.42. The van der Waals surface area contributed by atoms with Gasteiger partial charge in [0.25, 0.3) is 5.91 Å². The third kappa shape index (κ3) is 4.87. The number of morpholine rings is 2. The molecule has 2 aromatic rings. The van der Waals surface area contributed by atoms with Crippen molar-refractivity contribution in [3.8, 4) is 0 Å². The number of carbonyl (C=O) groups excluding carboxylic acids is 1. The molecular formula is C21H26N4O5S. The predicted octanol–water partition coefficient (Wildman–Crippen LogP) is 1.50. The standard InChI is InChI=1S/C21H26N4O5S/c1-16-2-3-17(15-22-16)21(26)23-19-14-18(31(27,28)25-8-12-30-13-9-25)4-5-20(19)24-6-10-29-11-7-24/h2-5,14-15H,6-13H2,1H3,(H,23,26). The van der Waals surface area contributed by atoms with Crippen molar-refractivity contribution in [2.45, 2.75) is 11.8 Å². The monoisotopic (exact) mass is 446 g/mol. The van der Waals surface area contributed by atoms with Crippen LogP contribution in [0.2, 0.25) is 0 Å². The van der Waals surface area contributed by atoms with Crippen LogP contribution in [0, 0.1) is 6.92 Å². The molecule has 1 aromatic carbocycles. The highest BCUT2D eigenvalue weighted by Crippen LogP contribution is 2.31. The van der Waals surface area contributed by atoms with Crippen LogP contribution in [0.1, 0.15) is 16.1 Å². The Kier molecular flexibility index (Phi) is 6.51. The molecule has 0 bridgehead atoms. The molecule has 1 N–H and O–H groups in total. The lowest BCUT2D eigenvalue weighted by Crippen LogP contribution is -2.40. The molecule has 2 aliphatic heterocycles. The van der Waals surface area contributed by atoms with Gasteiger partial charge in [0, 0.05) is 38.1 Å². The minimum Gasteiger partial charge on any atom is -0.379 e. The maximum atomic E-state index is 13.1. The zero-order chi connectivity index (χ0) is 21.8. The highest BCUT2D eigenvalue weighted by atomic mass is 32.2. The first-order valence-corrected chi connectivity index (χ1v) is 11.7. The lowest BCUT2D eigenvalue weighted by Gasteiger charge is -2.31. The smallest absolute Gasteiger partial charge is 0.257 e. The molecule has 2 saturated heterocycles. The van der Waals surface area contributed by atoms with Crippen molar-refractivity contribution in [3.05, 3.63) is 47.8 Å². The van der Waals surface area contributed by atoms with Crippen LogP contribution in [0.25, 0.3) is 0 Å². The van der Waals surface area contributed by atoms with Crippen LogP contribution >= 0.6 is 0 Å². The van der Waals surface area contributed by atoms with Crippen LogP contribution in [0.3, 0.4) is 0 Å². The first-order valence-electron chi connectivity index (χ1n) is 10.2. The molecule has 10 heteroatoms. The molecule has 9 nitrogen and oxygen atoms in total. The van der Waals surface area contributed by atoms with Crippen molar-refractivity contribution >= 4 is 27.3 Å². The summed E-state index contributed by atoms with van der Waals surface area (Å²) >= 11 is 0. The van der Waals surface area contributed by atoms with Crippen molar-refractivity contribution < 1.29 is 22.7 Å². The van der Waals surface area contributed by atoms with E-state index in [0.717, 1.165) is 11.4 Å². The fourth-order valence-electron chi connectivity index (χ4n) is 3.59. The summed E-state index contributed by atoms with van der Waals surface area (Å²) in [5, 5.41) is 2.89. The first-order chi connectivity index (χ1) is 14.9. The fraction of sp³-hybridized carbons (Fsp3) is 0.429. The van der Waals surface area contributed by atoms with Crippen molar-refractivity contribution in [1.29, 1.82) is 0 Å². The molecule has 0 saturated carbocycles. The SMILES string of the molecule is Cc1ccc(C(=O)Nc2cc(S(=O)(=O)N3CCOCC3)ccc2N2CCOCC2)cn1. The molecule has 1 aromatic heterocycles. The molecule has 3 heterocycles. The number of aromatic nitrogens is 1. The van der Waals surface area contributed by atoms with E-state index in [1.165, 1.54) is 16.6 Å². The van der Waals surface area contributed by atoms with Crippen LogP contribution in [-0.2, 0) is 19.5 Å². The summed E-state index contributed by atoms with van der Waals surface area (Å²) in [6.45, 7) is 5.66. The number of benzene rings is 1. The number of carbonyl (C=O) groups is 1. The highest BCUT2D eigenvalue weighted by Gasteiger charge is 2.28. The van der Waals surface area contributed by atoms with Crippen molar-refractivity contribution in [1.82, 2.24) is 9.29 Å². The van der Waals surface area contributed by atoms with Gasteiger partial charge in [0.05, 0.1) is 48.3 Å². The van der Waals surface area contributed by atoms with Gasteiger partial charge in [-0.3, -0.25) is 9.78 Å². The Bertz CT molecular complexity index is 1030. The van der Waals surface area contributed by atoms with E-state index in [1.54, 1.807) is 24.3 Å². The average molecular weight is 447 g/mol. The number of amides is 1. The van der Waals surface area contributed by atoms with Gasteiger partial charge < -0.3 is 19.7 Å². The maximum Gasteiger partial charge on any atom is 0.257 e. The normalized spacial score (nSPS) is 18.0. The number of hydrogen-bond donors (Lipinski definition) is 1. The number of hydrogen-bond acceptors (Lipinski definition) is 7. The average Bonchev–Trinajstić information content (AvgIpc) is 2.80. The molecule has 2 aliphatic rings. The number of sulfonamides is 1. The topological polar surface area (TPSA) is 101 Å². The summed E-state index contributed by atoms with van der Waals surface area (Å²) in [7, 11) is -3.69. The molecule has 1 amide bonds. The zero-order valence-corrected chi connectivity index (χ0v) is 18.2. The van der Waals surface area contributed by atoms with E-state index in [-0.39, 0.29) is 10.8 Å². The van der Waals surface area contributed by atoms with Gasteiger partial charge in [-0.15, -0.1) is 0 Å². The minimum atomic E-state index is -3.69. The van der Waals surface area contributed by atoms with Crippen molar-refractivity contribution in [2.24, 2.45) is 0 Å². The van der Waals surface area contributed by atoms with Crippen molar-refractivity contribution in [2.75, 3.05) is 62.8 Å². The second kappa shape index (κ2) is 9.31. The number of rotatable bonds is 5. The lowest BCUT2D eigenvalue weighted by molar-refractivity contribution is 0.0730. The lowest BCUT2D eigenvalue weighted by atomic mass is 10.2. The molecule has 31 heavy (non-hydrogen) atoms. The second-order valence-corrected chi connectivity index (χ2v) is 9.38. The van der Waals surface area contributed by atoms with Crippen LogP contribution in [0.15, 0.2) is 41.4 Å². The third-order valence-corrected chi connectivity index (χ3v) is 7.24. The molecule has 4 rings (SSSR count). The Balaban J connectivity index is 1.67. The molecule has 0 unspecified atom stereocenters. The van der Waals surface area contributed by atoms with E-state index >= 15 is 0 Å². The van der Waals surface area contributed by atoms with Gasteiger partial charge in [0.1, 0.15) is 0 Å². The van der Waals surface area contributed by atoms with Gasteiger partial charge in [-0.25, -0.2) is 8.42 Å². The molecule has 0 radical (unpaired) electrons. The first kappa shape index (κ1) is 21.7. The summed E-state index contributed by atoms with van der Waals surface area (Å²) in [6, 6.07) is 8.34. The maximum absolute atomic E-state index is 13.1. The Hall–Kier alpha value is -2.53. The van der Waals surface area contributed by atoms with Gasteiger partial charge in [-0.1, -0.05) is 0 Å². The van der Waals surface area contributed by atoms with Gasteiger partial charge >= 0.3 is 0 Å². The van der Waals surface area contributed by atoms with Crippen LogP contribution in [0.4, 0.5) is 11.4 Å². The molecular weight excluding hydrogens is 420 g/mol. The number of pyridine rings is 1. The Morgan fingerprint density at radius 3 is 2.32 bits per heavy atom. The second-order valence-electron chi connectivity index (χ2n) is 7.44. The van der Waals surface area contributed by atoms with Gasteiger partial charge in [-0.2, -0.15) is 4.31 Å². The van der Waals surface area contributed by atoms with Crippen LogP contribution in [0.5, 0.6) is 0 Å². The third-order valence-electron chi connectivity index (χ3n) is 5.35. The van der Waals surface area contributed by atoms with Crippen LogP contribution in [-0.4, -0.2) is 76.2 Å². The number of nitrogens with one attached hydrogen (secondary N) is 1. The van der Waals surface area contributed by atoms with Gasteiger partial charge in [-0.05, 0) is 37.3 Å². The van der Waals surface area contributed by atoms with E-state index in [0.29, 0.717) is 63.9 Å². The number of nitrogens with zero attached hydrogens (tertiary/aromatic N) is 3. The highest BCUT2D eigenvalue weighted by molar-refractivity contribution is 7.89. The molecule has 0 spiro atoms. The number of ether oxygens (including phenoxy) is 2. The van der Waals surface area contributed by atoms with Crippen molar-refractivity contribution in [3.63, 3.8) is 0 Å². The van der Waals surface area contributed by atoms with Gasteiger partial charge in [0.15, 0.2) is 0 Å². The molecule has 2 fully saturated rings. The Morgan fingerprint density at radius 1 is 1.00 bits per heavy atom. The van der Waals surface area contributed by atoms with E-state index < -0.39 is 10.0 Å². The number of anilines is 2. The number of aryl methyl sites for hydroxylation is 1. The summed E-state index contributed by atoms with van der Waals surface area (Å²) in [6.07, 6.45) is 1.51. The molecule has 166 valence electrons. The molecule has 0 atom stereocenters. The minimum absolute atomic E-state index is 0.142. The fourth-order valence-corrected chi connectivity index (χ4v) is 5.02. The largest absolute Gasteiger partial charge is 0.379 e.